The number of imidazole rings is 1. The Bertz CT molecular complexity index is 583. The van der Waals surface area contributed by atoms with Gasteiger partial charge in [-0.25, -0.2) is 4.98 Å². The van der Waals surface area contributed by atoms with Crippen molar-refractivity contribution in [3.8, 4) is 5.69 Å². The van der Waals surface area contributed by atoms with Crippen LogP contribution in [0.1, 0.15) is 56.1 Å². The van der Waals surface area contributed by atoms with Crippen molar-refractivity contribution in [2.45, 2.75) is 52.0 Å². The number of nitrogens with one attached hydrogen (secondary N) is 1. The zero-order valence-corrected chi connectivity index (χ0v) is 13.1. The smallest absolute Gasteiger partial charge is 0.0997 e. The molecule has 2 aromatic rings. The summed E-state index contributed by atoms with van der Waals surface area (Å²) >= 11 is 0. The van der Waals surface area contributed by atoms with Crippen LogP contribution in [-0.4, -0.2) is 16.1 Å². The molecule has 112 valence electrons. The van der Waals surface area contributed by atoms with Crippen molar-refractivity contribution in [2.24, 2.45) is 0 Å². The van der Waals surface area contributed by atoms with Gasteiger partial charge in [0.15, 0.2) is 0 Å². The lowest BCUT2D eigenvalue weighted by Gasteiger charge is -2.18. The van der Waals surface area contributed by atoms with Gasteiger partial charge in [-0.1, -0.05) is 26.0 Å². The average Bonchev–Trinajstić information content (AvgIpc) is 2.97. The van der Waals surface area contributed by atoms with Gasteiger partial charge in [0.05, 0.1) is 12.0 Å². The largest absolute Gasteiger partial charge is 0.310 e. The van der Waals surface area contributed by atoms with Crippen LogP contribution in [0.3, 0.4) is 0 Å². The molecule has 0 fully saturated rings. The van der Waals surface area contributed by atoms with Gasteiger partial charge in [-0.3, -0.25) is 0 Å². The predicted molar refractivity (Wildman–Crippen MR) is 86.9 cm³/mol. The summed E-state index contributed by atoms with van der Waals surface area (Å²) in [5.74, 6) is 0. The van der Waals surface area contributed by atoms with Crippen LogP contribution in [0.4, 0.5) is 0 Å². The van der Waals surface area contributed by atoms with E-state index in [4.69, 9.17) is 0 Å². The number of hydrogen-bond donors (Lipinski definition) is 1. The van der Waals surface area contributed by atoms with E-state index >= 15 is 0 Å². The summed E-state index contributed by atoms with van der Waals surface area (Å²) in [7, 11) is 0. The summed E-state index contributed by atoms with van der Waals surface area (Å²) < 4.78 is 2.27. The van der Waals surface area contributed by atoms with E-state index in [1.807, 2.05) is 6.33 Å². The van der Waals surface area contributed by atoms with Crippen LogP contribution in [0.25, 0.3) is 5.69 Å². The van der Waals surface area contributed by atoms with Gasteiger partial charge >= 0.3 is 0 Å². The van der Waals surface area contributed by atoms with E-state index in [1.165, 1.54) is 35.5 Å². The van der Waals surface area contributed by atoms with Crippen LogP contribution in [0.15, 0.2) is 30.6 Å². The molecule has 1 aliphatic rings. The fourth-order valence-electron chi connectivity index (χ4n) is 3.30. The molecule has 1 heterocycles. The number of hydrogen-bond acceptors (Lipinski definition) is 2. The van der Waals surface area contributed by atoms with E-state index in [0.717, 1.165) is 25.8 Å². The van der Waals surface area contributed by atoms with Gasteiger partial charge < -0.3 is 9.88 Å². The van der Waals surface area contributed by atoms with Crippen molar-refractivity contribution in [1.29, 1.82) is 0 Å². The number of aryl methyl sites for hydroxylation is 1. The van der Waals surface area contributed by atoms with Gasteiger partial charge in [0.1, 0.15) is 0 Å². The van der Waals surface area contributed by atoms with E-state index in [0.29, 0.717) is 6.04 Å². The summed E-state index contributed by atoms with van der Waals surface area (Å²) in [5, 5.41) is 3.53. The third-order valence-electron chi connectivity index (χ3n) is 4.46. The monoisotopic (exact) mass is 283 g/mol. The van der Waals surface area contributed by atoms with Crippen LogP contribution in [-0.2, 0) is 12.8 Å². The Hall–Kier alpha value is -1.61. The Labute approximate surface area is 127 Å². The minimum absolute atomic E-state index is 0.459. The number of rotatable bonds is 5. The first-order valence-electron chi connectivity index (χ1n) is 8.22. The molecule has 3 nitrogen and oxygen atoms in total. The van der Waals surface area contributed by atoms with Crippen LogP contribution in [0.2, 0.25) is 0 Å². The summed E-state index contributed by atoms with van der Waals surface area (Å²) in [4.78, 5) is 4.59. The van der Waals surface area contributed by atoms with Crippen LogP contribution in [0, 0.1) is 0 Å². The lowest BCUT2D eigenvalue weighted by Crippen LogP contribution is -2.20. The molecule has 0 bridgehead atoms. The maximum absolute atomic E-state index is 4.59. The SMILES string of the molecule is CCNC(CC)c1ccc(-n2cnc3c2CCCC3)cc1. The highest BCUT2D eigenvalue weighted by atomic mass is 15.1. The topological polar surface area (TPSA) is 29.9 Å². The summed E-state index contributed by atoms with van der Waals surface area (Å²) in [5.41, 5.74) is 5.31. The van der Waals surface area contributed by atoms with Gasteiger partial charge in [-0.05, 0) is 56.3 Å². The van der Waals surface area contributed by atoms with Crippen molar-refractivity contribution in [2.75, 3.05) is 6.54 Å². The molecular formula is C18H25N3. The summed E-state index contributed by atoms with van der Waals surface area (Å²) in [6, 6.07) is 9.42. The highest BCUT2D eigenvalue weighted by Crippen LogP contribution is 2.24. The maximum Gasteiger partial charge on any atom is 0.0997 e. The zero-order chi connectivity index (χ0) is 14.7. The van der Waals surface area contributed by atoms with Crippen molar-refractivity contribution >= 4 is 0 Å². The van der Waals surface area contributed by atoms with Gasteiger partial charge in [0.2, 0.25) is 0 Å². The van der Waals surface area contributed by atoms with E-state index in [2.05, 4.69) is 53.0 Å². The van der Waals surface area contributed by atoms with Crippen molar-refractivity contribution in [3.63, 3.8) is 0 Å². The van der Waals surface area contributed by atoms with E-state index in [9.17, 15) is 0 Å². The summed E-state index contributed by atoms with van der Waals surface area (Å²) in [6.07, 6.45) is 7.98. The standard InChI is InChI=1S/C18H25N3/c1-3-16(19-4-2)14-9-11-15(12-10-14)21-13-20-17-7-5-6-8-18(17)21/h9-13,16,19H,3-8H2,1-2H3. The van der Waals surface area contributed by atoms with Gasteiger partial charge in [-0.2, -0.15) is 0 Å². The van der Waals surface area contributed by atoms with Crippen molar-refractivity contribution in [1.82, 2.24) is 14.9 Å². The molecule has 0 aliphatic heterocycles. The lowest BCUT2D eigenvalue weighted by molar-refractivity contribution is 0.537. The Morgan fingerprint density at radius 2 is 1.90 bits per heavy atom. The second kappa shape index (κ2) is 6.44. The Balaban J connectivity index is 1.85. The quantitative estimate of drug-likeness (QED) is 0.904. The molecule has 0 spiro atoms. The molecule has 1 unspecified atom stereocenters. The first kappa shape index (κ1) is 14.3. The van der Waals surface area contributed by atoms with Crippen LogP contribution >= 0.6 is 0 Å². The molecule has 21 heavy (non-hydrogen) atoms. The first-order valence-corrected chi connectivity index (χ1v) is 8.22. The second-order valence-electron chi connectivity index (χ2n) is 5.83. The fourth-order valence-corrected chi connectivity index (χ4v) is 3.30. The summed E-state index contributed by atoms with van der Waals surface area (Å²) in [6.45, 7) is 5.40. The molecule has 1 aromatic heterocycles. The number of benzene rings is 1. The van der Waals surface area contributed by atoms with E-state index < -0.39 is 0 Å². The Kier molecular flexibility index (Phi) is 4.39. The predicted octanol–water partition coefficient (Wildman–Crippen LogP) is 3.81. The van der Waals surface area contributed by atoms with Gasteiger partial charge in [0.25, 0.3) is 0 Å². The Morgan fingerprint density at radius 3 is 2.62 bits per heavy atom. The van der Waals surface area contributed by atoms with Crippen molar-refractivity contribution in [3.05, 3.63) is 47.5 Å². The lowest BCUT2D eigenvalue weighted by atomic mass is 10.0. The number of fused-ring (bicyclic) bond motifs is 1. The molecule has 3 rings (SSSR count). The minimum atomic E-state index is 0.459. The van der Waals surface area contributed by atoms with Gasteiger partial charge in [-0.15, -0.1) is 0 Å². The molecule has 1 aromatic carbocycles. The molecule has 3 heteroatoms. The molecule has 0 radical (unpaired) electrons. The Morgan fingerprint density at radius 1 is 1.14 bits per heavy atom. The molecule has 1 aliphatic carbocycles. The minimum Gasteiger partial charge on any atom is -0.310 e. The molecule has 1 atom stereocenters. The fraction of sp³-hybridized carbons (Fsp3) is 0.500. The second-order valence-corrected chi connectivity index (χ2v) is 5.83. The van der Waals surface area contributed by atoms with Crippen LogP contribution < -0.4 is 5.32 Å². The third-order valence-corrected chi connectivity index (χ3v) is 4.46. The highest BCUT2D eigenvalue weighted by molar-refractivity contribution is 5.39. The third kappa shape index (κ3) is 2.88. The molecule has 0 amide bonds. The first-order chi connectivity index (χ1) is 10.3. The zero-order valence-electron chi connectivity index (χ0n) is 13.1. The van der Waals surface area contributed by atoms with E-state index in [-0.39, 0.29) is 0 Å². The normalized spacial score (nSPS) is 15.7. The average molecular weight is 283 g/mol. The molecular weight excluding hydrogens is 258 g/mol. The van der Waals surface area contributed by atoms with Crippen molar-refractivity contribution < 1.29 is 0 Å². The number of aromatic nitrogens is 2. The highest BCUT2D eigenvalue weighted by Gasteiger charge is 2.16. The van der Waals surface area contributed by atoms with E-state index in [1.54, 1.807) is 0 Å². The van der Waals surface area contributed by atoms with Gasteiger partial charge in [0, 0.05) is 17.4 Å². The van der Waals surface area contributed by atoms with Crippen LogP contribution in [0.5, 0.6) is 0 Å². The molecule has 1 N–H and O–H groups in total. The molecule has 0 saturated carbocycles. The number of nitrogens with zero attached hydrogens (tertiary/aromatic N) is 2. The maximum atomic E-state index is 4.59. The molecule has 0 saturated heterocycles.